The zero-order valence-electron chi connectivity index (χ0n) is 9.57. The molecule has 0 bridgehead atoms. The van der Waals surface area contributed by atoms with Crippen LogP contribution in [0.1, 0.15) is 34.1 Å². The molecule has 0 N–H and O–H groups in total. The quantitative estimate of drug-likeness (QED) is 0.749. The predicted octanol–water partition coefficient (Wildman–Crippen LogP) is 4.69. The predicted molar refractivity (Wildman–Crippen MR) is 75.9 cm³/mol. The third-order valence-corrected chi connectivity index (χ3v) is 4.41. The number of carbonyl (C=O) groups excluding carboxylic acids is 1. The molecule has 1 aromatic carbocycles. The molecule has 0 aliphatic rings. The molecule has 1 aromatic heterocycles. The first kappa shape index (κ1) is 12.5. The van der Waals surface area contributed by atoms with Crippen molar-refractivity contribution in [2.24, 2.45) is 0 Å². The maximum atomic E-state index is 12.2. The van der Waals surface area contributed by atoms with Crippen LogP contribution in [-0.4, -0.2) is 5.78 Å². The highest BCUT2D eigenvalue weighted by molar-refractivity contribution is 9.10. The van der Waals surface area contributed by atoms with E-state index in [0.29, 0.717) is 0 Å². The minimum atomic E-state index is 0.0925. The van der Waals surface area contributed by atoms with E-state index in [0.717, 1.165) is 27.8 Å². The lowest BCUT2D eigenvalue weighted by molar-refractivity contribution is 0.104. The Morgan fingerprint density at radius 1 is 1.24 bits per heavy atom. The summed E-state index contributed by atoms with van der Waals surface area (Å²) >= 11 is 4.86. The van der Waals surface area contributed by atoms with E-state index < -0.39 is 0 Å². The molecule has 0 aliphatic heterocycles. The summed E-state index contributed by atoms with van der Waals surface area (Å²) in [6.07, 6.45) is 2.20. The van der Waals surface area contributed by atoms with E-state index in [9.17, 15) is 4.79 Å². The zero-order chi connectivity index (χ0) is 12.3. The second kappa shape index (κ2) is 5.61. The van der Waals surface area contributed by atoms with Crippen LogP contribution >= 0.6 is 27.3 Å². The summed E-state index contributed by atoms with van der Waals surface area (Å²) in [5.41, 5.74) is 2.04. The number of halogens is 1. The number of hydrogen-bond acceptors (Lipinski definition) is 2. The van der Waals surface area contributed by atoms with Gasteiger partial charge in [0.05, 0.1) is 4.88 Å². The van der Waals surface area contributed by atoms with E-state index in [4.69, 9.17) is 0 Å². The van der Waals surface area contributed by atoms with Gasteiger partial charge in [0.2, 0.25) is 5.78 Å². The fourth-order valence-corrected chi connectivity index (χ4v) is 3.21. The highest BCUT2D eigenvalue weighted by Gasteiger charge is 2.13. The molecular weight excluding hydrogens is 296 g/mol. The van der Waals surface area contributed by atoms with Gasteiger partial charge in [0.1, 0.15) is 0 Å². The topological polar surface area (TPSA) is 17.1 Å². The lowest BCUT2D eigenvalue weighted by Gasteiger charge is -2.02. The number of benzene rings is 1. The highest BCUT2D eigenvalue weighted by Crippen LogP contribution is 2.25. The lowest BCUT2D eigenvalue weighted by Crippen LogP contribution is -1.99. The largest absolute Gasteiger partial charge is 0.288 e. The fraction of sp³-hybridized carbons (Fsp3) is 0.214. The molecule has 88 valence electrons. The van der Waals surface area contributed by atoms with Crippen LogP contribution in [-0.2, 0) is 6.42 Å². The third-order valence-electron chi connectivity index (χ3n) is 2.58. The summed E-state index contributed by atoms with van der Waals surface area (Å²) in [6.45, 7) is 2.15. The fourth-order valence-electron chi connectivity index (χ4n) is 1.70. The molecule has 0 saturated heterocycles. The van der Waals surface area contributed by atoms with Gasteiger partial charge in [-0.05, 0) is 39.4 Å². The number of hydrogen-bond donors (Lipinski definition) is 0. The average molecular weight is 309 g/mol. The van der Waals surface area contributed by atoms with Crippen LogP contribution in [0.2, 0.25) is 0 Å². The SMILES string of the molecule is CCCc1ccc(C(=O)c2sccc2Br)cc1. The van der Waals surface area contributed by atoms with Crippen molar-refractivity contribution in [3.05, 3.63) is 56.2 Å². The normalized spacial score (nSPS) is 10.5. The van der Waals surface area contributed by atoms with E-state index in [1.807, 2.05) is 35.7 Å². The van der Waals surface area contributed by atoms with Gasteiger partial charge in [-0.25, -0.2) is 0 Å². The van der Waals surface area contributed by atoms with Crippen LogP contribution < -0.4 is 0 Å². The van der Waals surface area contributed by atoms with Gasteiger partial charge in [0, 0.05) is 10.0 Å². The molecular formula is C14H13BrOS. The second-order valence-electron chi connectivity index (χ2n) is 3.87. The zero-order valence-corrected chi connectivity index (χ0v) is 12.0. The molecule has 0 fully saturated rings. The van der Waals surface area contributed by atoms with Crippen LogP contribution in [0.5, 0.6) is 0 Å². The van der Waals surface area contributed by atoms with E-state index in [2.05, 4.69) is 22.9 Å². The standard InChI is InChI=1S/C14H13BrOS/c1-2-3-10-4-6-11(7-5-10)13(16)14-12(15)8-9-17-14/h4-9H,2-3H2,1H3. The maximum Gasteiger partial charge on any atom is 0.204 e. The molecule has 0 unspecified atom stereocenters. The smallest absolute Gasteiger partial charge is 0.204 e. The molecule has 0 aliphatic carbocycles. The molecule has 0 saturated carbocycles. The van der Waals surface area contributed by atoms with Gasteiger partial charge in [-0.2, -0.15) is 0 Å². The Bertz CT molecular complexity index is 513. The van der Waals surface area contributed by atoms with Crippen LogP contribution in [0.4, 0.5) is 0 Å². The molecule has 2 aromatic rings. The van der Waals surface area contributed by atoms with Crippen molar-refractivity contribution in [2.45, 2.75) is 19.8 Å². The average Bonchev–Trinajstić information content (AvgIpc) is 2.76. The van der Waals surface area contributed by atoms with Crippen molar-refractivity contribution in [1.82, 2.24) is 0 Å². The van der Waals surface area contributed by atoms with Gasteiger partial charge >= 0.3 is 0 Å². The van der Waals surface area contributed by atoms with Crippen molar-refractivity contribution >= 4 is 33.0 Å². The summed E-state index contributed by atoms with van der Waals surface area (Å²) in [7, 11) is 0. The Morgan fingerprint density at radius 3 is 2.47 bits per heavy atom. The Labute approximate surface area is 114 Å². The molecule has 3 heteroatoms. The van der Waals surface area contributed by atoms with Gasteiger partial charge in [-0.3, -0.25) is 4.79 Å². The molecule has 0 amide bonds. The Kier molecular flexibility index (Phi) is 4.13. The molecule has 1 nitrogen and oxygen atoms in total. The van der Waals surface area contributed by atoms with Crippen molar-refractivity contribution in [2.75, 3.05) is 0 Å². The summed E-state index contributed by atoms with van der Waals surface area (Å²) in [6, 6.07) is 9.82. The second-order valence-corrected chi connectivity index (χ2v) is 5.64. The van der Waals surface area contributed by atoms with Gasteiger partial charge in [-0.1, -0.05) is 37.6 Å². The molecule has 2 rings (SSSR count). The highest BCUT2D eigenvalue weighted by atomic mass is 79.9. The number of ketones is 1. The minimum absolute atomic E-state index is 0.0925. The molecule has 0 radical (unpaired) electrons. The van der Waals surface area contributed by atoms with E-state index in [-0.39, 0.29) is 5.78 Å². The van der Waals surface area contributed by atoms with Gasteiger partial charge in [0.25, 0.3) is 0 Å². The first-order valence-corrected chi connectivity index (χ1v) is 7.26. The molecule has 0 spiro atoms. The molecule has 0 atom stereocenters. The van der Waals surface area contributed by atoms with Crippen molar-refractivity contribution < 1.29 is 4.79 Å². The van der Waals surface area contributed by atoms with Gasteiger partial charge in [-0.15, -0.1) is 11.3 Å². The Balaban J connectivity index is 2.23. The summed E-state index contributed by atoms with van der Waals surface area (Å²) in [5, 5.41) is 1.92. The Hall–Kier alpha value is -0.930. The summed E-state index contributed by atoms with van der Waals surface area (Å²) in [4.78, 5) is 12.9. The Morgan fingerprint density at radius 2 is 1.94 bits per heavy atom. The monoisotopic (exact) mass is 308 g/mol. The molecule has 1 heterocycles. The van der Waals surface area contributed by atoms with Crippen LogP contribution in [0.15, 0.2) is 40.2 Å². The third kappa shape index (κ3) is 2.85. The van der Waals surface area contributed by atoms with E-state index in [1.165, 1.54) is 16.9 Å². The number of rotatable bonds is 4. The number of carbonyl (C=O) groups is 1. The molecule has 17 heavy (non-hydrogen) atoms. The van der Waals surface area contributed by atoms with Crippen molar-refractivity contribution in [1.29, 1.82) is 0 Å². The maximum absolute atomic E-state index is 12.2. The first-order valence-electron chi connectivity index (χ1n) is 5.59. The van der Waals surface area contributed by atoms with Crippen LogP contribution in [0.25, 0.3) is 0 Å². The van der Waals surface area contributed by atoms with Crippen LogP contribution in [0, 0.1) is 0 Å². The van der Waals surface area contributed by atoms with Gasteiger partial charge < -0.3 is 0 Å². The number of thiophene rings is 1. The van der Waals surface area contributed by atoms with Crippen molar-refractivity contribution in [3.8, 4) is 0 Å². The first-order chi connectivity index (χ1) is 8.22. The minimum Gasteiger partial charge on any atom is -0.288 e. The summed E-state index contributed by atoms with van der Waals surface area (Å²) < 4.78 is 0.880. The number of aryl methyl sites for hydroxylation is 1. The van der Waals surface area contributed by atoms with Gasteiger partial charge in [0.15, 0.2) is 0 Å². The lowest BCUT2D eigenvalue weighted by atomic mass is 10.0. The van der Waals surface area contributed by atoms with Crippen LogP contribution in [0.3, 0.4) is 0 Å². The van der Waals surface area contributed by atoms with E-state index in [1.54, 1.807) is 0 Å². The summed E-state index contributed by atoms with van der Waals surface area (Å²) in [5.74, 6) is 0.0925. The van der Waals surface area contributed by atoms with E-state index >= 15 is 0 Å². The van der Waals surface area contributed by atoms with Crippen molar-refractivity contribution in [3.63, 3.8) is 0 Å².